The van der Waals surface area contributed by atoms with Crippen molar-refractivity contribution in [2.45, 2.75) is 19.4 Å². The first kappa shape index (κ1) is 23.0. The molecule has 31 heavy (non-hydrogen) atoms. The van der Waals surface area contributed by atoms with Gasteiger partial charge in [-0.1, -0.05) is 67.6 Å². The van der Waals surface area contributed by atoms with Crippen LogP contribution in [0, 0.1) is 0 Å². The van der Waals surface area contributed by atoms with E-state index in [0.29, 0.717) is 19.6 Å². The van der Waals surface area contributed by atoms with Crippen molar-refractivity contribution in [3.8, 4) is 0 Å². The molecule has 1 aliphatic rings. The fourth-order valence-corrected chi connectivity index (χ4v) is 4.32. The van der Waals surface area contributed by atoms with Crippen molar-refractivity contribution in [3.63, 3.8) is 0 Å². The summed E-state index contributed by atoms with van der Waals surface area (Å²) in [5, 5.41) is 2.88. The second kappa shape index (κ2) is 11.6. The summed E-state index contributed by atoms with van der Waals surface area (Å²) in [4.78, 5) is 29.1. The molecule has 0 bridgehead atoms. The average molecular weight is 425 g/mol. The van der Waals surface area contributed by atoms with Crippen LogP contribution in [0.15, 0.2) is 60.7 Å². The Morgan fingerprint density at radius 2 is 1.52 bits per heavy atom. The predicted molar refractivity (Wildman–Crippen MR) is 122 cm³/mol. The van der Waals surface area contributed by atoms with E-state index in [9.17, 15) is 9.59 Å². The number of benzene rings is 2. The Bertz CT molecular complexity index is 780. The van der Waals surface area contributed by atoms with Crippen LogP contribution in [0.4, 0.5) is 0 Å². The van der Waals surface area contributed by atoms with Crippen LogP contribution in [-0.4, -0.2) is 69.6 Å². The predicted octanol–water partition coefficient (Wildman–Crippen LogP) is -0.456. The van der Waals surface area contributed by atoms with Crippen LogP contribution < -0.4 is 15.1 Å². The third-order valence-electron chi connectivity index (χ3n) is 5.92. The van der Waals surface area contributed by atoms with Gasteiger partial charge < -0.3 is 20.0 Å². The molecule has 1 fully saturated rings. The normalized spacial score (nSPS) is 15.6. The zero-order valence-electron chi connectivity index (χ0n) is 18.8. The summed E-state index contributed by atoms with van der Waals surface area (Å²) in [7, 11) is 1.91. The first-order valence-electron chi connectivity index (χ1n) is 11.4. The Hall–Kier alpha value is -2.70. The highest BCUT2D eigenvalue weighted by molar-refractivity contribution is 5.79. The van der Waals surface area contributed by atoms with Crippen LogP contribution in [0.5, 0.6) is 0 Å². The third kappa shape index (κ3) is 6.64. The highest BCUT2D eigenvalue weighted by atomic mass is 16.2. The number of hydrogen-bond donors (Lipinski definition) is 3. The zero-order chi connectivity index (χ0) is 22.1. The quantitative estimate of drug-likeness (QED) is 0.511. The fraction of sp³-hybridized carbons (Fsp3) is 0.440. The minimum absolute atomic E-state index is 0.00924. The summed E-state index contributed by atoms with van der Waals surface area (Å²) < 4.78 is 0. The zero-order valence-corrected chi connectivity index (χ0v) is 18.8. The molecule has 2 amide bonds. The van der Waals surface area contributed by atoms with Gasteiger partial charge >= 0.3 is 0 Å². The summed E-state index contributed by atoms with van der Waals surface area (Å²) >= 11 is 0. The molecule has 1 unspecified atom stereocenters. The Morgan fingerprint density at radius 1 is 0.968 bits per heavy atom. The molecule has 1 saturated heterocycles. The molecule has 1 aliphatic heterocycles. The summed E-state index contributed by atoms with van der Waals surface area (Å²) in [6.45, 7) is 6.74. The number of piperazine rings is 1. The number of rotatable bonds is 9. The van der Waals surface area contributed by atoms with Gasteiger partial charge in [0.05, 0.1) is 33.2 Å². The van der Waals surface area contributed by atoms with E-state index >= 15 is 0 Å². The van der Waals surface area contributed by atoms with Crippen LogP contribution >= 0.6 is 0 Å². The Morgan fingerprint density at radius 3 is 2.03 bits per heavy atom. The number of amides is 2. The second-order valence-corrected chi connectivity index (χ2v) is 8.45. The molecule has 0 aliphatic carbocycles. The van der Waals surface area contributed by atoms with Gasteiger partial charge in [-0.3, -0.25) is 9.59 Å². The number of nitrogens with zero attached hydrogens (tertiary/aromatic N) is 1. The molecule has 166 valence electrons. The van der Waals surface area contributed by atoms with Crippen LogP contribution in [0.25, 0.3) is 0 Å². The van der Waals surface area contributed by atoms with E-state index in [1.807, 2.05) is 18.9 Å². The van der Waals surface area contributed by atoms with Crippen LogP contribution in [0.2, 0.25) is 0 Å². The van der Waals surface area contributed by atoms with Gasteiger partial charge in [0.15, 0.2) is 13.1 Å². The minimum Gasteiger partial charge on any atom is -0.351 e. The minimum atomic E-state index is 0.00924. The summed E-state index contributed by atoms with van der Waals surface area (Å²) in [5.74, 6) is 0.144. The largest absolute Gasteiger partial charge is 0.351 e. The van der Waals surface area contributed by atoms with Crippen molar-refractivity contribution in [2.24, 2.45) is 0 Å². The molecule has 1 heterocycles. The Labute approximate surface area is 185 Å². The van der Waals surface area contributed by atoms with Gasteiger partial charge in [0.1, 0.15) is 6.04 Å². The molecular weight excluding hydrogens is 388 g/mol. The van der Waals surface area contributed by atoms with E-state index < -0.39 is 0 Å². The summed E-state index contributed by atoms with van der Waals surface area (Å²) in [6, 6.07) is 21.6. The maximum absolute atomic E-state index is 12.8. The van der Waals surface area contributed by atoms with Crippen LogP contribution in [0.3, 0.4) is 0 Å². The van der Waals surface area contributed by atoms with Crippen molar-refractivity contribution in [1.82, 2.24) is 10.2 Å². The molecule has 6 heteroatoms. The van der Waals surface area contributed by atoms with E-state index in [-0.39, 0.29) is 17.9 Å². The lowest BCUT2D eigenvalue weighted by Crippen LogP contribution is -3.15. The highest BCUT2D eigenvalue weighted by Gasteiger charge is 2.32. The van der Waals surface area contributed by atoms with E-state index in [2.05, 4.69) is 66.0 Å². The van der Waals surface area contributed by atoms with E-state index in [1.165, 1.54) is 16.0 Å². The number of carbonyl (C=O) groups is 2. The van der Waals surface area contributed by atoms with Gasteiger partial charge in [0.2, 0.25) is 0 Å². The summed E-state index contributed by atoms with van der Waals surface area (Å²) in [6.07, 6.45) is 0.920. The monoisotopic (exact) mass is 424 g/mol. The number of quaternary nitrogens is 2. The smallest absolute Gasteiger partial charge is 0.278 e. The SMILES string of the molecule is CCCNC(=O)C[NH+](C)CC(=O)N1CC[NH+](C(c2ccccc2)c2ccccc2)CC1. The van der Waals surface area contributed by atoms with E-state index in [0.717, 1.165) is 37.5 Å². The number of hydrogen-bond acceptors (Lipinski definition) is 2. The van der Waals surface area contributed by atoms with Crippen molar-refractivity contribution in [1.29, 1.82) is 0 Å². The van der Waals surface area contributed by atoms with Crippen molar-refractivity contribution in [2.75, 3.05) is 52.9 Å². The molecule has 6 nitrogen and oxygen atoms in total. The molecular formula is C25H36N4O2+2. The van der Waals surface area contributed by atoms with E-state index in [4.69, 9.17) is 0 Å². The molecule has 0 aromatic heterocycles. The van der Waals surface area contributed by atoms with Crippen LogP contribution in [-0.2, 0) is 9.59 Å². The molecule has 0 spiro atoms. The van der Waals surface area contributed by atoms with Gasteiger partial charge in [0, 0.05) is 17.7 Å². The maximum atomic E-state index is 12.8. The number of likely N-dealkylation sites (N-methyl/N-ethyl adjacent to an activating group) is 1. The standard InChI is InChI=1S/C25H34N4O2/c1-3-14-26-23(30)19-27(2)20-24(31)28-15-17-29(18-16-28)25(21-10-6-4-7-11-21)22-12-8-5-9-13-22/h4-13,25H,3,14-20H2,1-2H3,(H,26,30)/p+2. The highest BCUT2D eigenvalue weighted by Crippen LogP contribution is 2.19. The molecule has 2 aromatic rings. The van der Waals surface area contributed by atoms with Gasteiger partial charge in [-0.05, 0) is 6.42 Å². The van der Waals surface area contributed by atoms with Gasteiger partial charge in [-0.15, -0.1) is 0 Å². The maximum Gasteiger partial charge on any atom is 0.278 e. The topological polar surface area (TPSA) is 58.3 Å². The average Bonchev–Trinajstić information content (AvgIpc) is 2.79. The molecule has 0 radical (unpaired) electrons. The molecule has 0 saturated carbocycles. The molecule has 2 aromatic carbocycles. The lowest BCUT2D eigenvalue weighted by molar-refractivity contribution is -0.929. The molecule has 3 N–H and O–H groups in total. The second-order valence-electron chi connectivity index (χ2n) is 8.45. The first-order valence-corrected chi connectivity index (χ1v) is 11.4. The molecule has 1 atom stereocenters. The van der Waals surface area contributed by atoms with Gasteiger partial charge in [-0.25, -0.2) is 0 Å². The van der Waals surface area contributed by atoms with E-state index in [1.54, 1.807) is 0 Å². The lowest BCUT2D eigenvalue weighted by Gasteiger charge is -2.37. The summed E-state index contributed by atoms with van der Waals surface area (Å²) in [5.41, 5.74) is 2.62. The van der Waals surface area contributed by atoms with Crippen molar-refractivity contribution in [3.05, 3.63) is 71.8 Å². The number of carbonyl (C=O) groups excluding carboxylic acids is 2. The van der Waals surface area contributed by atoms with Gasteiger partial charge in [-0.2, -0.15) is 0 Å². The van der Waals surface area contributed by atoms with Gasteiger partial charge in [0.25, 0.3) is 11.8 Å². The fourth-order valence-electron chi connectivity index (χ4n) is 4.32. The van der Waals surface area contributed by atoms with Crippen molar-refractivity contribution < 1.29 is 19.4 Å². The number of nitrogens with one attached hydrogen (secondary N) is 3. The van der Waals surface area contributed by atoms with Crippen LogP contribution in [0.1, 0.15) is 30.5 Å². The first-order chi connectivity index (χ1) is 15.1. The molecule has 3 rings (SSSR count). The lowest BCUT2D eigenvalue weighted by atomic mass is 9.96. The third-order valence-corrected chi connectivity index (χ3v) is 5.92. The van der Waals surface area contributed by atoms with Crippen molar-refractivity contribution >= 4 is 11.8 Å². The Kier molecular flexibility index (Phi) is 8.62. The Balaban J connectivity index is 1.57.